The molecule has 0 aliphatic carbocycles. The Morgan fingerprint density at radius 3 is 2.60 bits per heavy atom. The summed E-state index contributed by atoms with van der Waals surface area (Å²) >= 11 is 0. The molecule has 1 N–H and O–H groups in total. The summed E-state index contributed by atoms with van der Waals surface area (Å²) in [5.41, 5.74) is 4.83. The van der Waals surface area contributed by atoms with Crippen LogP contribution in [0.25, 0.3) is 11.0 Å². The number of hydrogen-bond donors (Lipinski definition) is 1. The fourth-order valence-electron chi connectivity index (χ4n) is 4.59. The molecular formula is C23H31N5O2. The topological polar surface area (TPSA) is 75.9 Å². The molecule has 0 saturated carbocycles. The quantitative estimate of drug-likeness (QED) is 0.703. The van der Waals surface area contributed by atoms with Crippen LogP contribution in [0.3, 0.4) is 0 Å². The molecule has 4 rings (SSSR count). The largest absolute Gasteiger partial charge is 0.342 e. The molecule has 3 aromatic rings. The number of aromatic nitrogens is 4. The predicted octanol–water partition coefficient (Wildman–Crippen LogP) is 3.21. The Labute approximate surface area is 176 Å². The third-order valence-corrected chi connectivity index (χ3v) is 6.20. The zero-order chi connectivity index (χ0) is 21.4. The molecule has 1 aliphatic rings. The molecular weight excluding hydrogens is 378 g/mol. The standard InChI is InChI=1S/C23H31N5O2/c1-15(2)14-27-17(4)19(16(3)25-27)13-22(29)26-11-9-18(10-12-26)28-21-8-6-5-7-20(21)24-23(28)30/h5-8,15,18H,9-14H2,1-4H3,(H,24,30). The van der Waals surface area contributed by atoms with Gasteiger partial charge >= 0.3 is 5.69 Å². The fraction of sp³-hybridized carbons (Fsp3) is 0.522. The molecule has 1 fully saturated rings. The Hall–Kier alpha value is -2.83. The molecule has 2 aromatic heterocycles. The molecule has 0 unspecified atom stereocenters. The third kappa shape index (κ3) is 3.80. The highest BCUT2D eigenvalue weighted by atomic mass is 16.2. The van der Waals surface area contributed by atoms with Gasteiger partial charge in [0, 0.05) is 36.9 Å². The van der Waals surface area contributed by atoms with Crippen molar-refractivity contribution in [2.75, 3.05) is 13.1 Å². The number of amides is 1. The van der Waals surface area contributed by atoms with E-state index < -0.39 is 0 Å². The maximum Gasteiger partial charge on any atom is 0.326 e. The number of para-hydroxylation sites is 2. The molecule has 0 atom stereocenters. The Bertz CT molecular complexity index is 1110. The van der Waals surface area contributed by atoms with Gasteiger partial charge in [0.25, 0.3) is 0 Å². The number of likely N-dealkylation sites (tertiary alicyclic amines) is 1. The van der Waals surface area contributed by atoms with Gasteiger partial charge in [-0.2, -0.15) is 5.10 Å². The van der Waals surface area contributed by atoms with Crippen molar-refractivity contribution in [2.45, 2.75) is 59.5 Å². The summed E-state index contributed by atoms with van der Waals surface area (Å²) in [5, 5.41) is 4.64. The van der Waals surface area contributed by atoms with E-state index in [1.54, 1.807) is 0 Å². The molecule has 0 spiro atoms. The number of fused-ring (bicyclic) bond motifs is 1. The number of benzene rings is 1. The first-order chi connectivity index (χ1) is 14.3. The van der Waals surface area contributed by atoms with Crippen molar-refractivity contribution in [3.63, 3.8) is 0 Å². The van der Waals surface area contributed by atoms with E-state index in [0.717, 1.165) is 47.4 Å². The predicted molar refractivity (Wildman–Crippen MR) is 118 cm³/mol. The van der Waals surface area contributed by atoms with Crippen molar-refractivity contribution >= 4 is 16.9 Å². The van der Waals surface area contributed by atoms with Gasteiger partial charge in [0.2, 0.25) is 5.91 Å². The van der Waals surface area contributed by atoms with Gasteiger partial charge in [0.1, 0.15) is 0 Å². The van der Waals surface area contributed by atoms with Crippen LogP contribution in [0.2, 0.25) is 0 Å². The number of hydrogen-bond acceptors (Lipinski definition) is 3. The Morgan fingerprint density at radius 1 is 1.20 bits per heavy atom. The maximum absolute atomic E-state index is 13.0. The molecule has 3 heterocycles. The van der Waals surface area contributed by atoms with Gasteiger partial charge in [-0.3, -0.25) is 14.0 Å². The zero-order valence-electron chi connectivity index (χ0n) is 18.3. The van der Waals surface area contributed by atoms with Crippen molar-refractivity contribution in [3.8, 4) is 0 Å². The zero-order valence-corrected chi connectivity index (χ0v) is 18.3. The highest BCUT2D eigenvalue weighted by molar-refractivity contribution is 5.79. The molecule has 160 valence electrons. The number of nitrogens with zero attached hydrogens (tertiary/aromatic N) is 4. The number of H-pyrrole nitrogens is 1. The van der Waals surface area contributed by atoms with Crippen LogP contribution in [0.1, 0.15) is 49.7 Å². The number of carbonyl (C=O) groups excluding carboxylic acids is 1. The van der Waals surface area contributed by atoms with Gasteiger partial charge in [0.05, 0.1) is 23.1 Å². The van der Waals surface area contributed by atoms with Crippen LogP contribution in [0.5, 0.6) is 0 Å². The van der Waals surface area contributed by atoms with E-state index in [-0.39, 0.29) is 17.6 Å². The van der Waals surface area contributed by atoms with Gasteiger partial charge in [0.15, 0.2) is 0 Å². The molecule has 7 heteroatoms. The SMILES string of the molecule is Cc1nn(CC(C)C)c(C)c1CC(=O)N1CCC(n2c(=O)[nH]c3ccccc32)CC1. The molecule has 7 nitrogen and oxygen atoms in total. The second kappa shape index (κ2) is 8.13. The van der Waals surface area contributed by atoms with Crippen LogP contribution in [-0.2, 0) is 17.8 Å². The Morgan fingerprint density at radius 2 is 1.90 bits per heavy atom. The summed E-state index contributed by atoms with van der Waals surface area (Å²) < 4.78 is 3.89. The van der Waals surface area contributed by atoms with Crippen molar-refractivity contribution in [1.29, 1.82) is 0 Å². The van der Waals surface area contributed by atoms with Crippen LogP contribution in [0, 0.1) is 19.8 Å². The van der Waals surface area contributed by atoms with E-state index in [4.69, 9.17) is 0 Å². The highest BCUT2D eigenvalue weighted by Crippen LogP contribution is 2.25. The molecule has 1 amide bonds. The number of aromatic amines is 1. The number of piperidine rings is 1. The van der Waals surface area contributed by atoms with Crippen molar-refractivity contribution in [1.82, 2.24) is 24.2 Å². The summed E-state index contributed by atoms with van der Waals surface area (Å²) in [6, 6.07) is 7.91. The number of aryl methyl sites for hydroxylation is 1. The van der Waals surface area contributed by atoms with Gasteiger partial charge in [-0.05, 0) is 44.7 Å². The van der Waals surface area contributed by atoms with Gasteiger partial charge in [-0.15, -0.1) is 0 Å². The van der Waals surface area contributed by atoms with Crippen LogP contribution in [-0.4, -0.2) is 43.2 Å². The van der Waals surface area contributed by atoms with E-state index in [1.807, 2.05) is 45.3 Å². The van der Waals surface area contributed by atoms with E-state index >= 15 is 0 Å². The Balaban J connectivity index is 1.43. The summed E-state index contributed by atoms with van der Waals surface area (Å²) in [5.74, 6) is 0.661. The van der Waals surface area contributed by atoms with E-state index in [1.165, 1.54) is 0 Å². The Kier molecular flexibility index (Phi) is 5.54. The number of rotatable bonds is 5. The lowest BCUT2D eigenvalue weighted by molar-refractivity contribution is -0.131. The minimum atomic E-state index is -0.0650. The third-order valence-electron chi connectivity index (χ3n) is 6.20. The first-order valence-electron chi connectivity index (χ1n) is 10.8. The van der Waals surface area contributed by atoms with Gasteiger partial charge in [-0.1, -0.05) is 26.0 Å². The average Bonchev–Trinajstić information content (AvgIpc) is 3.18. The lowest BCUT2D eigenvalue weighted by atomic mass is 10.0. The minimum Gasteiger partial charge on any atom is -0.342 e. The van der Waals surface area contributed by atoms with E-state index in [0.29, 0.717) is 25.4 Å². The maximum atomic E-state index is 13.0. The van der Waals surface area contributed by atoms with Crippen LogP contribution >= 0.6 is 0 Å². The van der Waals surface area contributed by atoms with Crippen molar-refractivity contribution in [3.05, 3.63) is 51.7 Å². The molecule has 30 heavy (non-hydrogen) atoms. The van der Waals surface area contributed by atoms with Crippen molar-refractivity contribution < 1.29 is 4.79 Å². The average molecular weight is 410 g/mol. The van der Waals surface area contributed by atoms with Crippen LogP contribution in [0.4, 0.5) is 0 Å². The van der Waals surface area contributed by atoms with Gasteiger partial charge < -0.3 is 9.88 Å². The smallest absolute Gasteiger partial charge is 0.326 e. The number of nitrogens with one attached hydrogen (secondary N) is 1. The molecule has 1 aliphatic heterocycles. The minimum absolute atomic E-state index is 0.0650. The number of imidazole rings is 1. The van der Waals surface area contributed by atoms with E-state index in [9.17, 15) is 9.59 Å². The first-order valence-corrected chi connectivity index (χ1v) is 10.8. The first kappa shape index (κ1) is 20.4. The van der Waals surface area contributed by atoms with E-state index in [2.05, 4.69) is 30.9 Å². The molecule has 0 bridgehead atoms. The normalized spacial score (nSPS) is 15.4. The summed E-state index contributed by atoms with van der Waals surface area (Å²) in [6.07, 6.45) is 1.98. The summed E-state index contributed by atoms with van der Waals surface area (Å²) in [7, 11) is 0. The monoisotopic (exact) mass is 409 g/mol. The molecule has 1 aromatic carbocycles. The summed E-state index contributed by atoms with van der Waals surface area (Å²) in [4.78, 5) is 30.3. The second-order valence-corrected chi connectivity index (χ2v) is 8.83. The fourth-order valence-corrected chi connectivity index (χ4v) is 4.59. The lowest BCUT2D eigenvalue weighted by Crippen LogP contribution is -2.41. The summed E-state index contributed by atoms with van der Waals surface area (Å²) in [6.45, 7) is 10.6. The van der Waals surface area contributed by atoms with Crippen LogP contribution < -0.4 is 5.69 Å². The van der Waals surface area contributed by atoms with Crippen molar-refractivity contribution in [2.24, 2.45) is 5.92 Å². The van der Waals surface area contributed by atoms with Gasteiger partial charge in [-0.25, -0.2) is 4.79 Å². The lowest BCUT2D eigenvalue weighted by Gasteiger charge is -2.32. The molecule has 1 saturated heterocycles. The molecule has 0 radical (unpaired) electrons. The van der Waals surface area contributed by atoms with Crippen LogP contribution in [0.15, 0.2) is 29.1 Å². The highest BCUT2D eigenvalue weighted by Gasteiger charge is 2.27. The second-order valence-electron chi connectivity index (χ2n) is 8.83. The number of carbonyl (C=O) groups is 1.